The van der Waals surface area contributed by atoms with Gasteiger partial charge in [0.2, 0.25) is 0 Å². The number of phenols is 1. The van der Waals surface area contributed by atoms with Crippen LogP contribution in [0.4, 0.5) is 0 Å². The maximum atomic E-state index is 10.3. The van der Waals surface area contributed by atoms with Crippen molar-refractivity contribution in [2.24, 2.45) is 0 Å². The number of fused-ring (bicyclic) bond motifs is 12. The summed E-state index contributed by atoms with van der Waals surface area (Å²) in [4.78, 5) is 0. The lowest BCUT2D eigenvalue weighted by atomic mass is 9.78. The molecule has 1 atom stereocenters. The second kappa shape index (κ2) is 24.5. The van der Waals surface area contributed by atoms with Crippen LogP contribution in [0.1, 0.15) is 142 Å². The van der Waals surface area contributed by atoms with Gasteiger partial charge in [-0.2, -0.15) is 0 Å². The van der Waals surface area contributed by atoms with Gasteiger partial charge >= 0.3 is 0 Å². The van der Waals surface area contributed by atoms with Crippen molar-refractivity contribution in [1.82, 2.24) is 0 Å². The Morgan fingerprint density at radius 1 is 0.278 bits per heavy atom. The number of benzene rings is 12. The molecule has 12 aromatic rings. The Hall–Kier alpha value is -9.52. The monoisotopic (exact) mass is 1180 g/mol. The summed E-state index contributed by atoms with van der Waals surface area (Å²) >= 11 is 0. The van der Waals surface area contributed by atoms with E-state index in [2.05, 4.69) is 194 Å². The minimum absolute atomic E-state index is 0.00352. The summed E-state index contributed by atoms with van der Waals surface area (Å²) in [5.41, 5.74) is 12.0. The van der Waals surface area contributed by atoms with Gasteiger partial charge in [-0.3, -0.25) is 0 Å². The topological polar surface area (TPSA) is 66.4 Å². The summed E-state index contributed by atoms with van der Waals surface area (Å²) in [7, 11) is 0. The van der Waals surface area contributed by atoms with E-state index in [0.717, 1.165) is 106 Å². The molecule has 3 saturated carbocycles. The van der Waals surface area contributed by atoms with Gasteiger partial charge in [0.25, 0.3) is 0 Å². The average Bonchev–Trinajstić information content (AvgIpc) is 0.798. The maximum Gasteiger partial charge on any atom is 0.132 e. The standard InChI is InChI=1S/C45H42O3.C39H32O3/c1-4-10-30(11-5-1)31-16-18-32(19-17-31)43-44-39-24-22-37(46-35-12-6-2-7-13-35)28-33(39)20-26-41(44)48-42-27-21-34-29-38(23-25-40(34)45(42)43)47-36-14-8-3-9-15-36;40-30-17-19-33-28(23-30)15-21-35-38(33)37(27-13-11-26(12-14-27)25-7-3-1-4-8-25)39-34-20-18-32(41-31-9-5-2-6-10-31)24-29(34)16-22-36(39)42-35/h1,4-5,10-11,16-29,35-36,43H,2-3,6-9,12-15H2;1,3-4,7-8,11-24,31,37,40H,2,5-6,9-10H2. The van der Waals surface area contributed by atoms with E-state index in [-0.39, 0.29) is 17.6 Å². The fourth-order valence-electron chi connectivity index (χ4n) is 15.3. The molecule has 90 heavy (non-hydrogen) atoms. The van der Waals surface area contributed by atoms with Crippen LogP contribution in [0.15, 0.2) is 231 Å². The third-order valence-electron chi connectivity index (χ3n) is 19.8. The molecule has 2 aliphatic heterocycles. The van der Waals surface area contributed by atoms with Crippen LogP contribution in [-0.2, 0) is 0 Å². The molecule has 5 aliphatic rings. The number of aromatic hydroxyl groups is 1. The Morgan fingerprint density at radius 3 is 0.911 bits per heavy atom. The van der Waals surface area contributed by atoms with Crippen LogP contribution in [0.5, 0.6) is 46.0 Å². The predicted octanol–water partition coefficient (Wildman–Crippen LogP) is 22.7. The molecule has 0 radical (unpaired) electrons. The van der Waals surface area contributed by atoms with Gasteiger partial charge in [-0.1, -0.05) is 177 Å². The average molecular weight is 1180 g/mol. The second-order valence-electron chi connectivity index (χ2n) is 25.6. The fraction of sp³-hybridized carbons (Fsp3) is 0.238. The molecular formula is C84H74O6. The van der Waals surface area contributed by atoms with Crippen molar-refractivity contribution in [1.29, 1.82) is 0 Å². The van der Waals surface area contributed by atoms with E-state index >= 15 is 0 Å². The van der Waals surface area contributed by atoms with Gasteiger partial charge < -0.3 is 28.8 Å². The van der Waals surface area contributed by atoms with Crippen LogP contribution in [-0.4, -0.2) is 23.4 Å². The molecule has 0 amide bonds. The van der Waals surface area contributed by atoms with Gasteiger partial charge in [-0.15, -0.1) is 0 Å². The quantitative estimate of drug-likeness (QED) is 0.147. The van der Waals surface area contributed by atoms with Gasteiger partial charge in [-0.25, -0.2) is 0 Å². The van der Waals surface area contributed by atoms with E-state index in [4.69, 9.17) is 23.7 Å². The molecule has 0 aromatic heterocycles. The Kier molecular flexibility index (Phi) is 15.2. The summed E-state index contributed by atoms with van der Waals surface area (Å²) in [6.07, 6.45) is 19.3. The first-order valence-electron chi connectivity index (χ1n) is 33.1. The number of ether oxygens (including phenoxy) is 5. The van der Waals surface area contributed by atoms with E-state index in [1.165, 1.54) is 129 Å². The van der Waals surface area contributed by atoms with Crippen LogP contribution in [0.2, 0.25) is 0 Å². The first-order valence-corrected chi connectivity index (χ1v) is 33.1. The molecule has 12 aromatic carbocycles. The zero-order chi connectivity index (χ0) is 59.9. The molecule has 6 nitrogen and oxygen atoms in total. The van der Waals surface area contributed by atoms with Crippen LogP contribution in [0.25, 0.3) is 65.3 Å². The van der Waals surface area contributed by atoms with Gasteiger partial charge in [0.1, 0.15) is 46.0 Å². The molecule has 0 bridgehead atoms. The Balaban J connectivity index is 0.000000145. The molecule has 3 fully saturated rings. The lowest BCUT2D eigenvalue weighted by Crippen LogP contribution is -2.19. The summed E-state index contributed by atoms with van der Waals surface area (Å²) in [6.45, 7) is 0. The first-order chi connectivity index (χ1) is 44.5. The number of rotatable bonds is 10. The smallest absolute Gasteiger partial charge is 0.132 e. The zero-order valence-electron chi connectivity index (χ0n) is 50.9. The van der Waals surface area contributed by atoms with E-state index < -0.39 is 0 Å². The van der Waals surface area contributed by atoms with E-state index in [1.54, 1.807) is 6.07 Å². The zero-order valence-corrected chi connectivity index (χ0v) is 50.9. The third-order valence-corrected chi connectivity index (χ3v) is 19.8. The van der Waals surface area contributed by atoms with Crippen molar-refractivity contribution in [3.05, 3.63) is 264 Å². The highest BCUT2D eigenvalue weighted by molar-refractivity contribution is 5.98. The minimum Gasteiger partial charge on any atom is -0.508 e. The van der Waals surface area contributed by atoms with Crippen LogP contribution < -0.4 is 23.7 Å². The summed E-state index contributed by atoms with van der Waals surface area (Å²) < 4.78 is 32.9. The van der Waals surface area contributed by atoms with Gasteiger partial charge in [0.15, 0.2) is 0 Å². The largest absolute Gasteiger partial charge is 0.508 e. The van der Waals surface area contributed by atoms with Crippen molar-refractivity contribution in [2.75, 3.05) is 0 Å². The molecule has 446 valence electrons. The van der Waals surface area contributed by atoms with E-state index in [1.807, 2.05) is 30.3 Å². The number of hydrogen-bond donors (Lipinski definition) is 1. The van der Waals surface area contributed by atoms with Crippen LogP contribution >= 0.6 is 0 Å². The van der Waals surface area contributed by atoms with Crippen molar-refractivity contribution < 1.29 is 28.8 Å². The van der Waals surface area contributed by atoms with Crippen molar-refractivity contribution in [3.63, 3.8) is 0 Å². The van der Waals surface area contributed by atoms with E-state index in [9.17, 15) is 5.11 Å². The van der Waals surface area contributed by atoms with Crippen LogP contribution in [0, 0.1) is 0 Å². The van der Waals surface area contributed by atoms with Crippen molar-refractivity contribution >= 4 is 43.1 Å². The molecule has 3 aliphatic carbocycles. The molecule has 2 heterocycles. The highest BCUT2D eigenvalue weighted by Gasteiger charge is 2.35. The second-order valence-corrected chi connectivity index (χ2v) is 25.6. The molecule has 1 unspecified atom stereocenters. The lowest BCUT2D eigenvalue weighted by Gasteiger charge is -2.31. The number of phenolic OH excluding ortho intramolecular Hbond substituents is 1. The molecular weight excluding hydrogens is 1100 g/mol. The maximum absolute atomic E-state index is 10.3. The molecule has 0 saturated heterocycles. The molecule has 6 heteroatoms. The van der Waals surface area contributed by atoms with Crippen molar-refractivity contribution in [2.45, 2.75) is 126 Å². The van der Waals surface area contributed by atoms with Gasteiger partial charge in [-0.05, 0) is 226 Å². The Bertz CT molecular complexity index is 4470. The number of hydrogen-bond acceptors (Lipinski definition) is 6. The van der Waals surface area contributed by atoms with E-state index in [0.29, 0.717) is 18.3 Å². The summed E-state index contributed by atoms with van der Waals surface area (Å²) in [5.74, 6) is 6.66. The Morgan fingerprint density at radius 2 is 0.578 bits per heavy atom. The third kappa shape index (κ3) is 11.1. The van der Waals surface area contributed by atoms with Crippen LogP contribution in [0.3, 0.4) is 0 Å². The molecule has 0 spiro atoms. The predicted molar refractivity (Wildman–Crippen MR) is 366 cm³/mol. The highest BCUT2D eigenvalue weighted by atomic mass is 16.5. The Labute approximate surface area is 527 Å². The normalized spacial score (nSPS) is 16.8. The summed E-state index contributed by atoms with van der Waals surface area (Å²) in [6, 6.07) is 81.7. The molecule has 1 N–H and O–H groups in total. The summed E-state index contributed by atoms with van der Waals surface area (Å²) in [5, 5.41) is 19.4. The minimum atomic E-state index is -0.0457. The lowest BCUT2D eigenvalue weighted by molar-refractivity contribution is 0.155. The fourth-order valence-corrected chi connectivity index (χ4v) is 15.3. The molecule has 17 rings (SSSR count). The first kappa shape index (κ1) is 55.8. The SMILES string of the molecule is Oc1ccc2c3c(ccc2c1)Oc1ccc2cc(OC4CCCCC4)ccc2c1C3c1ccc(-c2ccccc2)cc1.c1ccc(-c2ccc(C3c4c(ccc5cc(OC6CCCCC6)ccc45)Oc4ccc5cc(OC6CCCCC6)ccc5c43)cc2)cc1. The van der Waals surface area contributed by atoms with Gasteiger partial charge in [0.05, 0.1) is 18.3 Å². The van der Waals surface area contributed by atoms with Gasteiger partial charge in [0, 0.05) is 34.1 Å². The highest BCUT2D eigenvalue weighted by Crippen LogP contribution is 2.55. The van der Waals surface area contributed by atoms with Crippen molar-refractivity contribution in [3.8, 4) is 68.2 Å².